The van der Waals surface area contributed by atoms with Gasteiger partial charge in [-0.2, -0.15) is 0 Å². The van der Waals surface area contributed by atoms with E-state index in [1.807, 2.05) is 0 Å². The average Bonchev–Trinajstić information content (AvgIpc) is 2.58. The first kappa shape index (κ1) is 16.0. The molecule has 0 fully saturated rings. The van der Waals surface area contributed by atoms with Gasteiger partial charge in [0, 0.05) is 5.04 Å². The molecule has 0 saturated heterocycles. The lowest BCUT2D eigenvalue weighted by molar-refractivity contribution is 0.777. The van der Waals surface area contributed by atoms with E-state index in [1.54, 1.807) is 0 Å². The quantitative estimate of drug-likeness (QED) is 0.417. The lowest BCUT2D eigenvalue weighted by Crippen LogP contribution is -2.44. The third kappa shape index (κ3) is 2.72. The highest BCUT2D eigenvalue weighted by molar-refractivity contribution is 6.83. The van der Waals surface area contributed by atoms with Crippen LogP contribution in [0.1, 0.15) is 32.8 Å². The van der Waals surface area contributed by atoms with E-state index < -0.39 is 8.07 Å². The van der Waals surface area contributed by atoms with Crippen LogP contribution in [0.2, 0.25) is 23.2 Å². The molecular formula is C20H28Si. The largest absolute Gasteiger partial charge is 0.102 e. The predicted molar refractivity (Wildman–Crippen MR) is 98.3 cm³/mol. The molecule has 0 aliphatic heterocycles. The summed E-state index contributed by atoms with van der Waals surface area (Å²) in [6.45, 7) is 11.4. The normalized spacial score (nSPS) is 22.0. The zero-order valence-corrected chi connectivity index (χ0v) is 14.7. The Bertz CT molecular complexity index is 526. The Morgan fingerprint density at radius 1 is 1.10 bits per heavy atom. The summed E-state index contributed by atoms with van der Waals surface area (Å²) in [5.41, 5.74) is 2.68. The maximum absolute atomic E-state index is 4.22. The van der Waals surface area contributed by atoms with Gasteiger partial charge < -0.3 is 0 Å². The van der Waals surface area contributed by atoms with Gasteiger partial charge in [-0.15, -0.1) is 6.58 Å². The molecule has 0 radical (unpaired) electrons. The van der Waals surface area contributed by atoms with Crippen molar-refractivity contribution in [2.75, 3.05) is 0 Å². The Morgan fingerprint density at radius 2 is 1.71 bits per heavy atom. The van der Waals surface area contributed by atoms with Crippen molar-refractivity contribution in [3.8, 4) is 0 Å². The molecule has 1 aliphatic rings. The van der Waals surface area contributed by atoms with E-state index in [9.17, 15) is 0 Å². The van der Waals surface area contributed by atoms with Crippen LogP contribution in [0.25, 0.3) is 5.57 Å². The van der Waals surface area contributed by atoms with Gasteiger partial charge in [-0.1, -0.05) is 93.5 Å². The molecule has 0 spiro atoms. The average molecular weight is 297 g/mol. The monoisotopic (exact) mass is 296 g/mol. The van der Waals surface area contributed by atoms with Crippen molar-refractivity contribution in [1.29, 1.82) is 0 Å². The fraction of sp³-hybridized carbons (Fsp3) is 0.400. The highest BCUT2D eigenvalue weighted by Crippen LogP contribution is 2.53. The van der Waals surface area contributed by atoms with Crippen LogP contribution in [0.4, 0.5) is 0 Å². The Labute approximate surface area is 131 Å². The molecule has 1 heteroatoms. The smallest absolute Gasteiger partial charge is 0.0683 e. The summed E-state index contributed by atoms with van der Waals surface area (Å²) in [6.07, 6.45) is 10.6. The van der Waals surface area contributed by atoms with Gasteiger partial charge in [-0.05, 0) is 17.6 Å². The van der Waals surface area contributed by atoms with Crippen LogP contribution in [0.15, 0.2) is 61.2 Å². The highest BCUT2D eigenvalue weighted by Gasteiger charge is 2.45. The lowest BCUT2D eigenvalue weighted by Gasteiger charge is -2.46. The fourth-order valence-corrected chi connectivity index (χ4v) is 8.88. The van der Waals surface area contributed by atoms with E-state index in [4.69, 9.17) is 0 Å². The standard InChI is InChI=1S/C20H28Si/c1-5-20(21(6-2,7-3)8-4)16-14-19(15-17-20)18-12-10-9-11-13-18/h5,9-16H,1,6-8,17H2,2-4H3. The Kier molecular flexibility index (Phi) is 5.05. The second-order valence-electron chi connectivity index (χ2n) is 6.15. The number of benzene rings is 1. The Balaban J connectivity index is 2.34. The van der Waals surface area contributed by atoms with Gasteiger partial charge in [0.05, 0.1) is 8.07 Å². The lowest BCUT2D eigenvalue weighted by atomic mass is 9.92. The maximum Gasteiger partial charge on any atom is 0.0683 e. The van der Waals surface area contributed by atoms with Gasteiger partial charge in [0.1, 0.15) is 0 Å². The molecule has 1 unspecified atom stereocenters. The minimum absolute atomic E-state index is 0.240. The third-order valence-corrected chi connectivity index (χ3v) is 12.3. The molecule has 1 aliphatic carbocycles. The van der Waals surface area contributed by atoms with E-state index in [2.05, 4.69) is 82.0 Å². The van der Waals surface area contributed by atoms with Gasteiger partial charge in [0.15, 0.2) is 0 Å². The molecular weight excluding hydrogens is 268 g/mol. The molecule has 0 nitrogen and oxygen atoms in total. The maximum atomic E-state index is 4.22. The first-order valence-corrected chi connectivity index (χ1v) is 10.9. The van der Waals surface area contributed by atoms with Gasteiger partial charge >= 0.3 is 0 Å². The molecule has 0 bridgehead atoms. The van der Waals surface area contributed by atoms with Crippen molar-refractivity contribution in [3.05, 3.63) is 66.8 Å². The van der Waals surface area contributed by atoms with E-state index in [0.717, 1.165) is 6.42 Å². The number of hydrogen-bond acceptors (Lipinski definition) is 0. The van der Waals surface area contributed by atoms with E-state index in [1.165, 1.54) is 29.3 Å². The summed E-state index contributed by atoms with van der Waals surface area (Å²) in [6, 6.07) is 14.7. The van der Waals surface area contributed by atoms with E-state index in [0.29, 0.717) is 0 Å². The zero-order valence-electron chi connectivity index (χ0n) is 13.7. The van der Waals surface area contributed by atoms with Crippen LogP contribution < -0.4 is 0 Å². The van der Waals surface area contributed by atoms with Crippen LogP contribution in [0.3, 0.4) is 0 Å². The molecule has 1 aromatic rings. The van der Waals surface area contributed by atoms with E-state index in [-0.39, 0.29) is 5.04 Å². The molecule has 21 heavy (non-hydrogen) atoms. The van der Waals surface area contributed by atoms with Crippen LogP contribution >= 0.6 is 0 Å². The van der Waals surface area contributed by atoms with Crippen molar-refractivity contribution in [2.24, 2.45) is 0 Å². The van der Waals surface area contributed by atoms with Crippen LogP contribution in [0, 0.1) is 0 Å². The number of hydrogen-bond donors (Lipinski definition) is 0. The highest BCUT2D eigenvalue weighted by atomic mass is 28.3. The minimum Gasteiger partial charge on any atom is -0.102 e. The SMILES string of the molecule is C=CC1([Si](CC)(CC)CC)C=CC(c2ccccc2)=CC1. The number of rotatable bonds is 6. The van der Waals surface area contributed by atoms with Crippen molar-refractivity contribution in [1.82, 2.24) is 0 Å². The van der Waals surface area contributed by atoms with Gasteiger partial charge in [0.2, 0.25) is 0 Å². The third-order valence-electron chi connectivity index (χ3n) is 5.71. The molecule has 2 rings (SSSR count). The van der Waals surface area contributed by atoms with Crippen molar-refractivity contribution in [3.63, 3.8) is 0 Å². The van der Waals surface area contributed by atoms with Crippen molar-refractivity contribution in [2.45, 2.75) is 50.4 Å². The molecule has 0 N–H and O–H groups in total. The molecule has 112 valence electrons. The first-order valence-electron chi connectivity index (χ1n) is 8.25. The topological polar surface area (TPSA) is 0 Å². The van der Waals surface area contributed by atoms with Gasteiger partial charge in [0.25, 0.3) is 0 Å². The molecule has 1 aromatic carbocycles. The first-order chi connectivity index (χ1) is 10.2. The summed E-state index contributed by atoms with van der Waals surface area (Å²) in [5.74, 6) is 0. The molecule has 0 heterocycles. The van der Waals surface area contributed by atoms with Crippen LogP contribution in [0.5, 0.6) is 0 Å². The predicted octanol–water partition coefficient (Wildman–Crippen LogP) is 6.46. The Morgan fingerprint density at radius 3 is 2.14 bits per heavy atom. The molecule has 0 aromatic heterocycles. The molecule has 0 saturated carbocycles. The summed E-state index contributed by atoms with van der Waals surface area (Å²) in [5, 5.41) is 0.240. The van der Waals surface area contributed by atoms with Crippen LogP contribution in [-0.2, 0) is 0 Å². The molecule has 0 amide bonds. The number of allylic oxidation sites excluding steroid dienone is 5. The zero-order chi connectivity index (χ0) is 15.3. The van der Waals surface area contributed by atoms with Crippen LogP contribution in [-0.4, -0.2) is 8.07 Å². The van der Waals surface area contributed by atoms with Gasteiger partial charge in [-0.3, -0.25) is 0 Å². The van der Waals surface area contributed by atoms with Crippen molar-refractivity contribution >= 4 is 13.6 Å². The second-order valence-corrected chi connectivity index (χ2v) is 11.8. The second kappa shape index (κ2) is 6.61. The molecule has 1 atom stereocenters. The fourth-order valence-electron chi connectivity index (χ4n) is 4.00. The Hall–Kier alpha value is -1.34. The summed E-state index contributed by atoms with van der Waals surface area (Å²) < 4.78 is 0. The minimum atomic E-state index is -1.35. The summed E-state index contributed by atoms with van der Waals surface area (Å²) in [4.78, 5) is 0. The van der Waals surface area contributed by atoms with Crippen molar-refractivity contribution < 1.29 is 0 Å². The van der Waals surface area contributed by atoms with Gasteiger partial charge in [-0.25, -0.2) is 0 Å². The van der Waals surface area contributed by atoms with E-state index >= 15 is 0 Å². The summed E-state index contributed by atoms with van der Waals surface area (Å²) in [7, 11) is -1.35. The summed E-state index contributed by atoms with van der Waals surface area (Å²) >= 11 is 0.